The molecule has 0 amide bonds. The summed E-state index contributed by atoms with van der Waals surface area (Å²) in [7, 11) is 0. The van der Waals surface area contributed by atoms with Crippen LogP contribution in [-0.4, -0.2) is 34.7 Å². The van der Waals surface area contributed by atoms with Gasteiger partial charge < -0.3 is 4.42 Å². The summed E-state index contributed by atoms with van der Waals surface area (Å²) in [5.41, 5.74) is 2.48. The number of nitrogens with zero attached hydrogens (tertiary/aromatic N) is 7. The van der Waals surface area contributed by atoms with E-state index in [2.05, 4.69) is 20.4 Å². The van der Waals surface area contributed by atoms with Crippen molar-refractivity contribution in [2.24, 2.45) is 0 Å². The van der Waals surface area contributed by atoms with Gasteiger partial charge in [0.25, 0.3) is 0 Å². The van der Waals surface area contributed by atoms with Crippen molar-refractivity contribution in [1.82, 2.24) is 29.8 Å². The maximum absolute atomic E-state index is 11.1. The first-order chi connectivity index (χ1) is 12.3. The number of hydrogen-bond donors (Lipinski definition) is 0. The molecule has 3 heterocycles. The lowest BCUT2D eigenvalue weighted by atomic mass is 10.3. The Morgan fingerprint density at radius 2 is 1.69 bits per heavy atom. The number of halogens is 1. The topological polar surface area (TPSA) is 118 Å². The third kappa shape index (κ3) is 3.32. The molecule has 0 fully saturated rings. The molecular formula is C15H18ClN7O3. The fourth-order valence-electron chi connectivity index (χ4n) is 2.78. The van der Waals surface area contributed by atoms with E-state index in [1.807, 2.05) is 13.8 Å². The molecule has 0 aliphatic rings. The summed E-state index contributed by atoms with van der Waals surface area (Å²) < 4.78 is 8.91. The third-order valence-electron chi connectivity index (χ3n) is 4.15. The second kappa shape index (κ2) is 6.87. The normalized spacial score (nSPS) is 11.3. The lowest BCUT2D eigenvalue weighted by Gasteiger charge is -2.01. The van der Waals surface area contributed by atoms with Crippen LogP contribution in [0.3, 0.4) is 0 Å². The zero-order valence-electron chi connectivity index (χ0n) is 14.9. The van der Waals surface area contributed by atoms with Crippen molar-refractivity contribution in [2.75, 3.05) is 0 Å². The molecule has 0 saturated heterocycles. The third-order valence-corrected chi connectivity index (χ3v) is 4.70. The average Bonchev–Trinajstić information content (AvgIpc) is 3.20. The van der Waals surface area contributed by atoms with Crippen molar-refractivity contribution in [2.45, 2.75) is 47.2 Å². The molecule has 0 aliphatic carbocycles. The van der Waals surface area contributed by atoms with Gasteiger partial charge in [0.05, 0.1) is 21.3 Å². The summed E-state index contributed by atoms with van der Waals surface area (Å²) >= 11 is 6.13. The van der Waals surface area contributed by atoms with Crippen LogP contribution in [0.25, 0.3) is 0 Å². The molecule has 0 bridgehead atoms. The molecule has 0 radical (unpaired) electrons. The molecule has 26 heavy (non-hydrogen) atoms. The maximum atomic E-state index is 11.1. The van der Waals surface area contributed by atoms with Gasteiger partial charge in [0.2, 0.25) is 11.8 Å². The van der Waals surface area contributed by atoms with Gasteiger partial charge in [-0.3, -0.25) is 19.5 Å². The minimum Gasteiger partial charge on any atom is -0.423 e. The summed E-state index contributed by atoms with van der Waals surface area (Å²) in [5.74, 6) is 0.798. The van der Waals surface area contributed by atoms with Crippen molar-refractivity contribution in [3.63, 3.8) is 0 Å². The van der Waals surface area contributed by atoms with Gasteiger partial charge >= 0.3 is 5.69 Å². The molecule has 3 aromatic heterocycles. The number of aryl methyl sites for hydroxylation is 4. The van der Waals surface area contributed by atoms with Crippen LogP contribution in [0.15, 0.2) is 4.42 Å². The maximum Gasteiger partial charge on any atom is 0.312 e. The van der Waals surface area contributed by atoms with Gasteiger partial charge in [-0.15, -0.1) is 10.2 Å². The second-order valence-corrected chi connectivity index (χ2v) is 6.36. The van der Waals surface area contributed by atoms with Gasteiger partial charge in [0.1, 0.15) is 17.9 Å². The highest BCUT2D eigenvalue weighted by molar-refractivity contribution is 6.31. The fraction of sp³-hybridized carbons (Fsp3) is 0.467. The number of hydrogen-bond acceptors (Lipinski definition) is 7. The Bertz CT molecular complexity index is 972. The monoisotopic (exact) mass is 379 g/mol. The van der Waals surface area contributed by atoms with Crippen LogP contribution in [-0.2, 0) is 19.5 Å². The van der Waals surface area contributed by atoms with E-state index in [0.29, 0.717) is 41.2 Å². The summed E-state index contributed by atoms with van der Waals surface area (Å²) in [6.45, 7) is 7.73. The standard InChI is InChI=1S/C15H18ClN7O3/c1-8-14(16)10(3)21(19-8)6-5-12-17-18-13(26-12)7-22-11(4)15(23(24)25)9(2)20-22/h5-7H2,1-4H3. The van der Waals surface area contributed by atoms with E-state index in [0.717, 1.165) is 11.4 Å². The van der Waals surface area contributed by atoms with Crippen LogP contribution < -0.4 is 0 Å². The lowest BCUT2D eigenvalue weighted by Crippen LogP contribution is -2.05. The highest BCUT2D eigenvalue weighted by atomic mass is 35.5. The minimum absolute atomic E-state index is 0.00569. The van der Waals surface area contributed by atoms with E-state index in [1.54, 1.807) is 18.5 Å². The second-order valence-electron chi connectivity index (χ2n) is 5.98. The van der Waals surface area contributed by atoms with Crippen LogP contribution in [0.4, 0.5) is 5.69 Å². The number of rotatable bonds is 6. The summed E-state index contributed by atoms with van der Waals surface area (Å²) in [4.78, 5) is 10.6. The SMILES string of the molecule is Cc1nn(CCc2nnc(Cn3nc(C)c([N+](=O)[O-])c3C)o2)c(C)c1Cl. The molecule has 138 valence electrons. The molecule has 0 unspecified atom stereocenters. The molecule has 11 heteroatoms. The minimum atomic E-state index is -0.438. The van der Waals surface area contributed by atoms with Crippen molar-refractivity contribution in [3.05, 3.63) is 49.7 Å². The summed E-state index contributed by atoms with van der Waals surface area (Å²) in [6.07, 6.45) is 0.503. The largest absolute Gasteiger partial charge is 0.423 e. The van der Waals surface area contributed by atoms with E-state index in [4.69, 9.17) is 16.0 Å². The zero-order chi connectivity index (χ0) is 19.0. The first-order valence-electron chi connectivity index (χ1n) is 7.97. The smallest absolute Gasteiger partial charge is 0.312 e. The lowest BCUT2D eigenvalue weighted by molar-refractivity contribution is -0.386. The first-order valence-corrected chi connectivity index (χ1v) is 8.35. The molecule has 0 N–H and O–H groups in total. The average molecular weight is 380 g/mol. The van der Waals surface area contributed by atoms with Crippen molar-refractivity contribution in [3.8, 4) is 0 Å². The Hall–Kier alpha value is -2.75. The molecule has 0 aromatic carbocycles. The predicted octanol–water partition coefficient (Wildman–Crippen LogP) is 2.55. The Kier molecular flexibility index (Phi) is 4.77. The summed E-state index contributed by atoms with van der Waals surface area (Å²) in [6, 6.07) is 0. The van der Waals surface area contributed by atoms with Gasteiger partial charge in [0, 0.05) is 13.0 Å². The number of aromatic nitrogens is 6. The predicted molar refractivity (Wildman–Crippen MR) is 92.2 cm³/mol. The molecule has 3 rings (SSSR count). The van der Waals surface area contributed by atoms with Crippen LogP contribution in [0.5, 0.6) is 0 Å². The fourth-order valence-corrected chi connectivity index (χ4v) is 2.92. The first kappa shape index (κ1) is 18.1. The van der Waals surface area contributed by atoms with Gasteiger partial charge in [-0.25, -0.2) is 0 Å². The van der Waals surface area contributed by atoms with E-state index in [9.17, 15) is 10.1 Å². The molecule has 0 atom stereocenters. The Balaban J connectivity index is 1.70. The molecule has 0 saturated carbocycles. The molecule has 0 aliphatic heterocycles. The Morgan fingerprint density at radius 3 is 2.27 bits per heavy atom. The Labute approximate surface area is 153 Å². The van der Waals surface area contributed by atoms with Crippen molar-refractivity contribution < 1.29 is 9.34 Å². The van der Waals surface area contributed by atoms with Crippen molar-refractivity contribution >= 4 is 17.3 Å². The van der Waals surface area contributed by atoms with Gasteiger partial charge in [0.15, 0.2) is 0 Å². The van der Waals surface area contributed by atoms with E-state index in [1.165, 1.54) is 4.68 Å². The van der Waals surface area contributed by atoms with Crippen molar-refractivity contribution in [1.29, 1.82) is 0 Å². The highest BCUT2D eigenvalue weighted by Gasteiger charge is 2.22. The van der Waals surface area contributed by atoms with Gasteiger partial charge in [-0.05, 0) is 27.7 Å². The Morgan fingerprint density at radius 1 is 1.04 bits per heavy atom. The summed E-state index contributed by atoms with van der Waals surface area (Å²) in [5, 5.41) is 28.3. The zero-order valence-corrected chi connectivity index (χ0v) is 15.6. The van der Waals surface area contributed by atoms with Gasteiger partial charge in [-0.2, -0.15) is 10.2 Å². The van der Waals surface area contributed by atoms with Crippen LogP contribution >= 0.6 is 11.6 Å². The molecule has 3 aromatic rings. The van der Waals surface area contributed by atoms with Crippen LogP contribution in [0, 0.1) is 37.8 Å². The van der Waals surface area contributed by atoms with Crippen LogP contribution in [0.2, 0.25) is 5.02 Å². The van der Waals surface area contributed by atoms with Crippen LogP contribution in [0.1, 0.15) is 34.6 Å². The van der Waals surface area contributed by atoms with E-state index < -0.39 is 4.92 Å². The van der Waals surface area contributed by atoms with E-state index >= 15 is 0 Å². The van der Waals surface area contributed by atoms with Gasteiger partial charge in [-0.1, -0.05) is 11.6 Å². The molecule has 0 spiro atoms. The number of nitro groups is 1. The quantitative estimate of drug-likeness (QED) is 0.477. The van der Waals surface area contributed by atoms with E-state index in [-0.39, 0.29) is 12.2 Å². The highest BCUT2D eigenvalue weighted by Crippen LogP contribution is 2.22. The molecular weight excluding hydrogens is 362 g/mol. The molecule has 10 nitrogen and oxygen atoms in total.